The van der Waals surface area contributed by atoms with Crippen LogP contribution < -0.4 is 20.9 Å². The van der Waals surface area contributed by atoms with Crippen molar-refractivity contribution in [1.29, 1.82) is 0 Å². The van der Waals surface area contributed by atoms with Gasteiger partial charge in [-0.2, -0.15) is 8.78 Å². The van der Waals surface area contributed by atoms with Crippen LogP contribution in [0.3, 0.4) is 0 Å². The van der Waals surface area contributed by atoms with Crippen LogP contribution in [0.15, 0.2) is 72.1 Å². The number of cyclic esters (lactones) is 1. The monoisotopic (exact) mass is 690 g/mol. The third-order valence-corrected chi connectivity index (χ3v) is 8.69. The first-order valence-electron chi connectivity index (χ1n) is 16.4. The zero-order valence-electron chi connectivity index (χ0n) is 27.4. The molecule has 1 aliphatic heterocycles. The van der Waals surface area contributed by atoms with E-state index in [1.807, 2.05) is 13.8 Å². The molecular formula is C36H37F3N6O5. The van der Waals surface area contributed by atoms with Gasteiger partial charge in [-0.05, 0) is 66.6 Å². The molecule has 1 saturated carbocycles. The van der Waals surface area contributed by atoms with Gasteiger partial charge in [0.05, 0.1) is 36.8 Å². The largest absolute Gasteiger partial charge is 0.458 e. The van der Waals surface area contributed by atoms with Gasteiger partial charge in [0, 0.05) is 35.8 Å². The molecule has 1 saturated heterocycles. The van der Waals surface area contributed by atoms with E-state index in [4.69, 9.17) is 4.74 Å². The average molecular weight is 691 g/mol. The van der Waals surface area contributed by atoms with Gasteiger partial charge in [-0.15, -0.1) is 0 Å². The molecule has 1 aromatic carbocycles. The summed E-state index contributed by atoms with van der Waals surface area (Å²) in [6.45, 7) is 0.843. The highest BCUT2D eigenvalue weighted by atomic mass is 19.3. The van der Waals surface area contributed by atoms with E-state index in [2.05, 4.69) is 30.3 Å². The molecule has 0 unspecified atom stereocenters. The number of nitrogens with one attached hydrogen (secondary N) is 2. The minimum atomic E-state index is -2.98. The number of aliphatic hydroxyl groups is 1. The number of halogens is 3. The van der Waals surface area contributed by atoms with Gasteiger partial charge in [0.15, 0.2) is 5.75 Å². The molecule has 50 heavy (non-hydrogen) atoms. The van der Waals surface area contributed by atoms with E-state index in [0.29, 0.717) is 53.0 Å². The fraction of sp³-hybridized carbons (Fsp3) is 0.361. The van der Waals surface area contributed by atoms with Crippen LogP contribution in [0.2, 0.25) is 0 Å². The Morgan fingerprint density at radius 1 is 1.02 bits per heavy atom. The van der Waals surface area contributed by atoms with Crippen LogP contribution in [0.1, 0.15) is 63.0 Å². The summed E-state index contributed by atoms with van der Waals surface area (Å²) in [7, 11) is 0. The van der Waals surface area contributed by atoms with Crippen molar-refractivity contribution < 1.29 is 32.5 Å². The number of benzene rings is 1. The third-order valence-electron chi connectivity index (χ3n) is 8.69. The van der Waals surface area contributed by atoms with Gasteiger partial charge >= 0.3 is 12.6 Å². The first kappa shape index (κ1) is 34.6. The van der Waals surface area contributed by atoms with Crippen molar-refractivity contribution in [1.82, 2.24) is 19.5 Å². The van der Waals surface area contributed by atoms with Gasteiger partial charge in [-0.3, -0.25) is 19.1 Å². The van der Waals surface area contributed by atoms with Crippen LogP contribution in [0, 0.1) is 5.82 Å². The molecule has 11 nitrogen and oxygen atoms in total. The molecular weight excluding hydrogens is 653 g/mol. The zero-order valence-corrected chi connectivity index (χ0v) is 27.4. The quantitative estimate of drug-likeness (QED) is 0.159. The molecule has 262 valence electrons. The van der Waals surface area contributed by atoms with E-state index in [0.717, 1.165) is 0 Å². The number of esters is 1. The lowest BCUT2D eigenvalue weighted by Crippen LogP contribution is -2.32. The molecule has 4 aromatic rings. The van der Waals surface area contributed by atoms with Gasteiger partial charge in [0.25, 0.3) is 5.56 Å². The maximum atomic E-state index is 14.6. The van der Waals surface area contributed by atoms with E-state index in [1.54, 1.807) is 53.4 Å². The predicted molar refractivity (Wildman–Crippen MR) is 181 cm³/mol. The van der Waals surface area contributed by atoms with Crippen molar-refractivity contribution in [2.45, 2.75) is 82.8 Å². The molecule has 1 aliphatic carbocycles. The minimum absolute atomic E-state index is 0.0797. The van der Waals surface area contributed by atoms with Crippen molar-refractivity contribution in [3.05, 3.63) is 94.6 Å². The number of alkyl halides is 2. The molecule has 2 aliphatic rings. The Morgan fingerprint density at radius 3 is 2.38 bits per heavy atom. The molecule has 6 rings (SSSR count). The summed E-state index contributed by atoms with van der Waals surface area (Å²) in [6.07, 6.45) is 9.58. The Labute approximate surface area is 286 Å². The summed E-state index contributed by atoms with van der Waals surface area (Å²) in [5, 5.41) is 17.1. The number of carbonyl (C=O) groups is 1. The topological polar surface area (TPSA) is 140 Å². The standard InChI is InChI=1S/C36H37F3N6O5/c1-20(2)31-29(12-11-27-15-26(46)16-30(47)49-27)32(21-5-7-22(37)8-6-21)33(45(34(31)48)25-4-3-13-40-17-25)43-23-9-10-24(14-23)44-36-41-18-28(19-42-36)50-35(38)39/h3-8,11-13,17-20,23-24,26-27,35,43,46H,9-10,14-16H2,1-2H3,(H,41,42,44)/b12-11+/t23-,24-,26+,27+/m0/s1. The first-order valence-corrected chi connectivity index (χ1v) is 16.4. The van der Waals surface area contributed by atoms with Gasteiger partial charge in [-0.1, -0.05) is 32.1 Å². The summed E-state index contributed by atoms with van der Waals surface area (Å²) in [5.41, 5.74) is 2.57. The van der Waals surface area contributed by atoms with Crippen LogP contribution in [-0.4, -0.2) is 61.5 Å². The van der Waals surface area contributed by atoms with E-state index < -0.39 is 30.6 Å². The Kier molecular flexibility index (Phi) is 10.5. The predicted octanol–water partition coefficient (Wildman–Crippen LogP) is 6.08. The van der Waals surface area contributed by atoms with Crippen LogP contribution in [0.5, 0.6) is 5.75 Å². The van der Waals surface area contributed by atoms with Crippen molar-refractivity contribution in [3.8, 4) is 22.6 Å². The number of anilines is 2. The van der Waals surface area contributed by atoms with E-state index in [9.17, 15) is 27.9 Å². The summed E-state index contributed by atoms with van der Waals surface area (Å²) < 4.78 is 50.8. The van der Waals surface area contributed by atoms with Crippen LogP contribution in [0.4, 0.5) is 24.9 Å². The summed E-state index contributed by atoms with van der Waals surface area (Å²) in [6, 6.07) is 9.31. The highest BCUT2D eigenvalue weighted by Crippen LogP contribution is 2.39. The van der Waals surface area contributed by atoms with Gasteiger partial charge in [0.1, 0.15) is 17.7 Å². The molecule has 2 fully saturated rings. The highest BCUT2D eigenvalue weighted by molar-refractivity contribution is 5.87. The number of nitrogens with zero attached hydrogens (tertiary/aromatic N) is 4. The number of carbonyl (C=O) groups excluding carboxylic acids is 1. The maximum Gasteiger partial charge on any atom is 0.387 e. The molecule has 0 amide bonds. The number of rotatable bonds is 11. The molecule has 0 radical (unpaired) electrons. The average Bonchev–Trinajstić information content (AvgIpc) is 3.51. The minimum Gasteiger partial charge on any atom is -0.458 e. The molecule has 4 heterocycles. The summed E-state index contributed by atoms with van der Waals surface area (Å²) in [5.74, 6) is -0.605. The zero-order chi connectivity index (χ0) is 35.4. The van der Waals surface area contributed by atoms with Crippen molar-refractivity contribution in [3.63, 3.8) is 0 Å². The second-order valence-corrected chi connectivity index (χ2v) is 12.7. The SMILES string of the molecule is CC(C)c1c(/C=C/[C@@H]2C[C@@H](O)CC(=O)O2)c(-c2ccc(F)cc2)c(N[C@H]2CC[C@H](Nc3ncc(OC(F)F)cn3)C2)n(-c2cccnc2)c1=O. The van der Waals surface area contributed by atoms with Crippen molar-refractivity contribution in [2.75, 3.05) is 10.6 Å². The fourth-order valence-electron chi connectivity index (χ4n) is 6.52. The Morgan fingerprint density at radius 2 is 1.74 bits per heavy atom. The van der Waals surface area contributed by atoms with Crippen molar-refractivity contribution in [2.24, 2.45) is 0 Å². The Hall–Kier alpha value is -5.24. The maximum absolute atomic E-state index is 14.6. The number of aromatic nitrogens is 4. The Balaban J connectivity index is 1.43. The molecule has 0 spiro atoms. The number of hydrogen-bond acceptors (Lipinski definition) is 10. The highest BCUT2D eigenvalue weighted by Gasteiger charge is 2.31. The molecule has 0 bridgehead atoms. The second-order valence-electron chi connectivity index (χ2n) is 12.7. The van der Waals surface area contributed by atoms with E-state index in [-0.39, 0.29) is 48.1 Å². The number of hydrogen-bond donors (Lipinski definition) is 3. The lowest BCUT2D eigenvalue weighted by atomic mass is 9.90. The van der Waals surface area contributed by atoms with Gasteiger partial charge in [-0.25, -0.2) is 14.4 Å². The van der Waals surface area contributed by atoms with Crippen LogP contribution in [-0.2, 0) is 9.53 Å². The fourth-order valence-corrected chi connectivity index (χ4v) is 6.52. The number of aliphatic hydroxyl groups excluding tert-OH is 1. The van der Waals surface area contributed by atoms with Gasteiger partial charge in [0.2, 0.25) is 5.95 Å². The van der Waals surface area contributed by atoms with Crippen molar-refractivity contribution >= 4 is 23.8 Å². The normalized spacial score (nSPS) is 20.8. The summed E-state index contributed by atoms with van der Waals surface area (Å²) >= 11 is 0. The summed E-state index contributed by atoms with van der Waals surface area (Å²) in [4.78, 5) is 39.2. The van der Waals surface area contributed by atoms with Crippen LogP contribution in [0.25, 0.3) is 22.9 Å². The molecule has 3 N–H and O–H groups in total. The second kappa shape index (κ2) is 15.1. The number of pyridine rings is 2. The van der Waals surface area contributed by atoms with E-state index in [1.165, 1.54) is 24.5 Å². The first-order chi connectivity index (χ1) is 24.0. The lowest BCUT2D eigenvalue weighted by Gasteiger charge is -2.27. The van der Waals surface area contributed by atoms with Gasteiger partial charge < -0.3 is 25.2 Å². The smallest absolute Gasteiger partial charge is 0.387 e. The number of ether oxygens (including phenoxy) is 2. The van der Waals surface area contributed by atoms with E-state index >= 15 is 0 Å². The Bertz CT molecular complexity index is 1890. The van der Waals surface area contributed by atoms with Crippen LogP contribution >= 0.6 is 0 Å². The third kappa shape index (κ3) is 7.96. The molecule has 14 heteroatoms. The molecule has 3 aromatic heterocycles. The molecule has 4 atom stereocenters. The lowest BCUT2D eigenvalue weighted by molar-refractivity contribution is -0.156.